The van der Waals surface area contributed by atoms with Crippen molar-refractivity contribution >= 4 is 27.5 Å². The molecule has 8 nitrogen and oxygen atoms in total. The summed E-state index contributed by atoms with van der Waals surface area (Å²) in [6.45, 7) is 7.87. The van der Waals surface area contributed by atoms with E-state index in [2.05, 4.69) is 26.1 Å². The van der Waals surface area contributed by atoms with Gasteiger partial charge in [-0.05, 0) is 60.1 Å². The molecule has 9 heteroatoms. The number of anilines is 1. The Labute approximate surface area is 233 Å². The van der Waals surface area contributed by atoms with Gasteiger partial charge in [0.15, 0.2) is 0 Å². The molecule has 1 aliphatic rings. The van der Waals surface area contributed by atoms with Gasteiger partial charge in [0.1, 0.15) is 18.3 Å². The number of hydrogen-bond acceptors (Lipinski definition) is 5. The van der Waals surface area contributed by atoms with Crippen LogP contribution in [0.15, 0.2) is 48.5 Å². The van der Waals surface area contributed by atoms with Crippen LogP contribution in [0.2, 0.25) is 0 Å². The monoisotopic (exact) mass is 557 g/mol. The van der Waals surface area contributed by atoms with Crippen molar-refractivity contribution in [3.8, 4) is 5.75 Å². The Kier molecular flexibility index (Phi) is 10.0. The largest absolute Gasteiger partial charge is 0.497 e. The third kappa shape index (κ3) is 8.21. The van der Waals surface area contributed by atoms with Crippen molar-refractivity contribution in [1.29, 1.82) is 0 Å². The average molecular weight is 558 g/mol. The third-order valence-electron chi connectivity index (χ3n) is 7.30. The summed E-state index contributed by atoms with van der Waals surface area (Å²) < 4.78 is 32.1. The maximum atomic E-state index is 13.9. The Balaban J connectivity index is 1.92. The lowest BCUT2D eigenvalue weighted by Crippen LogP contribution is -2.53. The van der Waals surface area contributed by atoms with Gasteiger partial charge in [0.05, 0.1) is 19.1 Å². The molecule has 0 saturated heterocycles. The van der Waals surface area contributed by atoms with Crippen LogP contribution in [0.3, 0.4) is 0 Å². The second-order valence-corrected chi connectivity index (χ2v) is 13.3. The molecule has 0 bridgehead atoms. The molecular weight excluding hydrogens is 514 g/mol. The molecule has 0 aliphatic heterocycles. The van der Waals surface area contributed by atoms with Gasteiger partial charge in [-0.1, -0.05) is 64.8 Å². The van der Waals surface area contributed by atoms with Crippen LogP contribution in [0, 0.1) is 0 Å². The van der Waals surface area contributed by atoms with Gasteiger partial charge in [-0.2, -0.15) is 0 Å². The minimum Gasteiger partial charge on any atom is -0.497 e. The highest BCUT2D eigenvalue weighted by atomic mass is 32.2. The lowest BCUT2D eigenvalue weighted by molar-refractivity contribution is -0.140. The first-order valence-corrected chi connectivity index (χ1v) is 15.5. The number of hydrogen-bond donors (Lipinski definition) is 1. The Morgan fingerprint density at radius 2 is 1.62 bits per heavy atom. The normalized spacial score (nSPS) is 15.0. The lowest BCUT2D eigenvalue weighted by atomic mass is 9.87. The molecule has 1 saturated carbocycles. The topological polar surface area (TPSA) is 96.0 Å². The van der Waals surface area contributed by atoms with Crippen LogP contribution in [0.1, 0.15) is 70.9 Å². The van der Waals surface area contributed by atoms with Crippen LogP contribution < -0.4 is 14.4 Å². The van der Waals surface area contributed by atoms with Crippen molar-refractivity contribution in [3.63, 3.8) is 0 Å². The number of rotatable bonds is 11. The molecule has 2 aromatic carbocycles. The maximum Gasteiger partial charge on any atom is 0.244 e. The van der Waals surface area contributed by atoms with Crippen LogP contribution in [-0.4, -0.2) is 57.1 Å². The minimum absolute atomic E-state index is 0.0968. The highest BCUT2D eigenvalue weighted by molar-refractivity contribution is 7.92. The van der Waals surface area contributed by atoms with Crippen LogP contribution in [0.5, 0.6) is 5.75 Å². The summed E-state index contributed by atoms with van der Waals surface area (Å²) in [5, 5.41) is 3.12. The molecule has 2 aromatic rings. The fourth-order valence-corrected chi connectivity index (χ4v) is 5.81. The van der Waals surface area contributed by atoms with Gasteiger partial charge in [-0.25, -0.2) is 8.42 Å². The second-order valence-electron chi connectivity index (χ2n) is 11.4. The Morgan fingerprint density at radius 3 is 2.10 bits per heavy atom. The molecule has 0 radical (unpaired) electrons. The number of ether oxygens (including phenoxy) is 1. The molecule has 0 heterocycles. The first kappa shape index (κ1) is 30.5. The summed E-state index contributed by atoms with van der Waals surface area (Å²) in [7, 11) is -2.20. The van der Waals surface area contributed by atoms with Crippen molar-refractivity contribution < 1.29 is 22.7 Å². The van der Waals surface area contributed by atoms with E-state index in [0.717, 1.165) is 47.4 Å². The highest BCUT2D eigenvalue weighted by Crippen LogP contribution is 2.27. The number of carbonyl (C=O) groups is 2. The van der Waals surface area contributed by atoms with Gasteiger partial charge >= 0.3 is 0 Å². The number of carbonyl (C=O) groups excluding carboxylic acids is 2. The molecule has 1 fully saturated rings. The smallest absolute Gasteiger partial charge is 0.244 e. The Morgan fingerprint density at radius 1 is 1.03 bits per heavy atom. The SMILES string of the molecule is CC[C@@H](C(=O)NC1CCCC1)N(Cc1ccc(OC)cc1)C(=O)CN(c1ccc(C(C)(C)C)cc1)S(C)(=O)=O. The fraction of sp³-hybridized carbons (Fsp3) is 0.533. The number of sulfonamides is 1. The number of nitrogens with zero attached hydrogens (tertiary/aromatic N) is 2. The fourth-order valence-electron chi connectivity index (χ4n) is 4.96. The van der Waals surface area contributed by atoms with E-state index in [9.17, 15) is 18.0 Å². The quantitative estimate of drug-likeness (QED) is 0.435. The average Bonchev–Trinajstić information content (AvgIpc) is 3.39. The number of methoxy groups -OCH3 is 1. The molecule has 0 aromatic heterocycles. The summed E-state index contributed by atoms with van der Waals surface area (Å²) in [6, 6.07) is 13.9. The van der Waals surface area contributed by atoms with E-state index in [1.165, 1.54) is 4.90 Å². The molecule has 2 amide bonds. The van der Waals surface area contributed by atoms with Crippen LogP contribution in [0.25, 0.3) is 0 Å². The summed E-state index contributed by atoms with van der Waals surface area (Å²) in [4.78, 5) is 28.8. The molecule has 39 heavy (non-hydrogen) atoms. The van der Waals surface area contributed by atoms with Gasteiger partial charge in [-0.15, -0.1) is 0 Å². The van der Waals surface area contributed by atoms with Crippen molar-refractivity contribution in [2.45, 2.75) is 83.8 Å². The van der Waals surface area contributed by atoms with E-state index < -0.39 is 28.5 Å². The number of benzene rings is 2. The third-order valence-corrected chi connectivity index (χ3v) is 8.44. The van der Waals surface area contributed by atoms with Crippen LogP contribution >= 0.6 is 0 Å². The van der Waals surface area contributed by atoms with Crippen molar-refractivity contribution in [3.05, 3.63) is 59.7 Å². The highest BCUT2D eigenvalue weighted by Gasteiger charge is 2.33. The standard InChI is InChI=1S/C30H43N3O5S/c1-7-27(29(35)31-24-10-8-9-11-24)32(20-22-12-18-26(38-5)19-13-22)28(34)21-33(39(6,36)37)25-16-14-23(15-17-25)30(2,3)4/h12-19,24,27H,7-11,20-21H2,1-6H3,(H,31,35)/t27-/m0/s1. The summed E-state index contributed by atoms with van der Waals surface area (Å²) >= 11 is 0. The summed E-state index contributed by atoms with van der Waals surface area (Å²) in [5.74, 6) is 0.0425. The zero-order valence-corrected chi connectivity index (χ0v) is 24.9. The lowest BCUT2D eigenvalue weighted by Gasteiger charge is -2.33. The van der Waals surface area contributed by atoms with E-state index in [1.54, 1.807) is 31.4 Å². The Bertz CT molecular complexity index is 1210. The molecule has 214 valence electrons. The molecular formula is C30H43N3O5S. The number of amides is 2. The van der Waals surface area contributed by atoms with Gasteiger partial charge in [0.2, 0.25) is 21.8 Å². The van der Waals surface area contributed by atoms with Gasteiger partial charge < -0.3 is 15.0 Å². The first-order valence-electron chi connectivity index (χ1n) is 13.6. The predicted octanol–water partition coefficient (Wildman–Crippen LogP) is 4.62. The van der Waals surface area contributed by atoms with Gasteiger partial charge in [0.25, 0.3) is 0 Å². The predicted molar refractivity (Wildman–Crippen MR) is 155 cm³/mol. The Hall–Kier alpha value is -3.07. The minimum atomic E-state index is -3.78. The maximum absolute atomic E-state index is 13.9. The molecule has 0 spiro atoms. The van der Waals surface area contributed by atoms with Crippen LogP contribution in [0.4, 0.5) is 5.69 Å². The molecule has 3 rings (SSSR count). The van der Waals surface area contributed by atoms with Crippen molar-refractivity contribution in [2.75, 3.05) is 24.2 Å². The van der Waals surface area contributed by atoms with E-state index in [4.69, 9.17) is 4.74 Å². The van der Waals surface area contributed by atoms with E-state index in [-0.39, 0.29) is 23.9 Å². The van der Waals surface area contributed by atoms with Crippen molar-refractivity contribution in [2.24, 2.45) is 0 Å². The molecule has 1 N–H and O–H groups in total. The zero-order valence-electron chi connectivity index (χ0n) is 24.1. The molecule has 1 aliphatic carbocycles. The molecule has 1 atom stereocenters. The van der Waals surface area contributed by atoms with Crippen molar-refractivity contribution in [1.82, 2.24) is 10.2 Å². The second kappa shape index (κ2) is 12.9. The first-order chi connectivity index (χ1) is 18.3. The summed E-state index contributed by atoms with van der Waals surface area (Å²) in [5.41, 5.74) is 2.19. The van der Waals surface area contributed by atoms with E-state index in [1.807, 2.05) is 31.2 Å². The summed E-state index contributed by atoms with van der Waals surface area (Å²) in [6.07, 6.45) is 5.51. The molecule has 0 unspecified atom stereocenters. The van der Waals surface area contributed by atoms with Crippen LogP contribution in [-0.2, 0) is 31.6 Å². The van der Waals surface area contributed by atoms with Gasteiger partial charge in [-0.3, -0.25) is 13.9 Å². The van der Waals surface area contributed by atoms with E-state index >= 15 is 0 Å². The van der Waals surface area contributed by atoms with Gasteiger partial charge in [0, 0.05) is 12.6 Å². The van der Waals surface area contributed by atoms with E-state index in [0.29, 0.717) is 17.9 Å². The number of nitrogens with one attached hydrogen (secondary N) is 1. The zero-order chi connectivity index (χ0) is 28.8.